The second-order valence-electron chi connectivity index (χ2n) is 4.41. The zero-order valence-electron chi connectivity index (χ0n) is 9.90. The van der Waals surface area contributed by atoms with Crippen molar-refractivity contribution in [1.82, 2.24) is 14.9 Å². The van der Waals surface area contributed by atoms with Crippen LogP contribution < -0.4 is 10.6 Å². The zero-order valence-corrected chi connectivity index (χ0v) is 9.90. The number of rotatable bonds is 6. The topological polar surface area (TPSA) is 53.1 Å². The summed E-state index contributed by atoms with van der Waals surface area (Å²) in [5.74, 6) is 1.62. The summed E-state index contributed by atoms with van der Waals surface area (Å²) in [5.41, 5.74) is 0. The smallest absolute Gasteiger partial charge is 0.224 e. The van der Waals surface area contributed by atoms with Crippen molar-refractivity contribution in [3.63, 3.8) is 0 Å². The molecule has 2 rings (SSSR count). The molecular weight excluding hydrogens is 202 g/mol. The molecule has 0 saturated heterocycles. The number of anilines is 2. The van der Waals surface area contributed by atoms with Crippen LogP contribution in [0, 0.1) is 0 Å². The van der Waals surface area contributed by atoms with Gasteiger partial charge in [0.05, 0.1) is 0 Å². The van der Waals surface area contributed by atoms with Crippen molar-refractivity contribution in [1.29, 1.82) is 0 Å². The van der Waals surface area contributed by atoms with Crippen molar-refractivity contribution in [2.75, 3.05) is 37.8 Å². The molecule has 0 radical (unpaired) electrons. The van der Waals surface area contributed by atoms with Crippen molar-refractivity contribution < 1.29 is 0 Å². The van der Waals surface area contributed by atoms with Crippen LogP contribution in [0.4, 0.5) is 11.8 Å². The SMILES string of the molecule is CN(C)CCNc1nccc(NC2CC2)n1. The molecule has 5 nitrogen and oxygen atoms in total. The van der Waals surface area contributed by atoms with Gasteiger partial charge in [0.2, 0.25) is 5.95 Å². The lowest BCUT2D eigenvalue weighted by atomic mass is 10.5. The Hall–Kier alpha value is -1.36. The molecule has 1 aliphatic rings. The fraction of sp³-hybridized carbons (Fsp3) is 0.636. The van der Waals surface area contributed by atoms with E-state index in [4.69, 9.17) is 0 Å². The summed E-state index contributed by atoms with van der Waals surface area (Å²) < 4.78 is 0. The molecule has 1 aromatic rings. The van der Waals surface area contributed by atoms with Gasteiger partial charge in [0, 0.05) is 25.3 Å². The van der Waals surface area contributed by atoms with Gasteiger partial charge in [0.1, 0.15) is 5.82 Å². The molecule has 0 aliphatic heterocycles. The summed E-state index contributed by atoms with van der Waals surface area (Å²) in [6.45, 7) is 1.84. The van der Waals surface area contributed by atoms with Gasteiger partial charge in [0.15, 0.2) is 0 Å². The van der Waals surface area contributed by atoms with E-state index >= 15 is 0 Å². The van der Waals surface area contributed by atoms with E-state index in [9.17, 15) is 0 Å². The highest BCUT2D eigenvalue weighted by Crippen LogP contribution is 2.23. The molecule has 1 saturated carbocycles. The van der Waals surface area contributed by atoms with Crippen molar-refractivity contribution in [2.24, 2.45) is 0 Å². The van der Waals surface area contributed by atoms with E-state index < -0.39 is 0 Å². The molecule has 1 aliphatic carbocycles. The van der Waals surface area contributed by atoms with Crippen LogP contribution in [0.2, 0.25) is 0 Å². The Bertz CT molecular complexity index is 335. The van der Waals surface area contributed by atoms with Crippen LogP contribution in [0.3, 0.4) is 0 Å². The van der Waals surface area contributed by atoms with Gasteiger partial charge in [-0.1, -0.05) is 0 Å². The Labute approximate surface area is 96.3 Å². The Kier molecular flexibility index (Phi) is 3.56. The molecule has 0 amide bonds. The third-order valence-electron chi connectivity index (χ3n) is 2.43. The number of hydrogen-bond donors (Lipinski definition) is 2. The van der Waals surface area contributed by atoms with E-state index in [0.29, 0.717) is 12.0 Å². The molecule has 0 spiro atoms. The Balaban J connectivity index is 1.83. The highest BCUT2D eigenvalue weighted by molar-refractivity contribution is 5.41. The van der Waals surface area contributed by atoms with Gasteiger partial charge in [0.25, 0.3) is 0 Å². The zero-order chi connectivity index (χ0) is 11.4. The van der Waals surface area contributed by atoms with Crippen molar-refractivity contribution in [2.45, 2.75) is 18.9 Å². The van der Waals surface area contributed by atoms with E-state index in [1.165, 1.54) is 12.8 Å². The predicted molar refractivity (Wildman–Crippen MR) is 65.7 cm³/mol. The third kappa shape index (κ3) is 3.66. The minimum absolute atomic E-state index is 0.629. The lowest BCUT2D eigenvalue weighted by molar-refractivity contribution is 0.425. The first-order chi connectivity index (χ1) is 7.74. The standard InChI is InChI=1S/C11H19N5/c1-16(2)8-7-13-11-12-6-5-10(15-11)14-9-3-4-9/h5-6,9H,3-4,7-8H2,1-2H3,(H2,12,13,14,15). The van der Waals surface area contributed by atoms with Crippen LogP contribution in [-0.4, -0.2) is 48.1 Å². The second kappa shape index (κ2) is 5.12. The van der Waals surface area contributed by atoms with E-state index in [1.54, 1.807) is 6.20 Å². The van der Waals surface area contributed by atoms with Crippen LogP contribution >= 0.6 is 0 Å². The summed E-state index contributed by atoms with van der Waals surface area (Å²) in [5, 5.41) is 6.56. The molecule has 0 aromatic carbocycles. The number of nitrogens with one attached hydrogen (secondary N) is 2. The van der Waals surface area contributed by atoms with Gasteiger partial charge in [-0.15, -0.1) is 0 Å². The Morgan fingerprint density at radius 1 is 1.44 bits per heavy atom. The fourth-order valence-electron chi connectivity index (χ4n) is 1.35. The lowest BCUT2D eigenvalue weighted by Crippen LogP contribution is -2.21. The molecule has 16 heavy (non-hydrogen) atoms. The van der Waals surface area contributed by atoms with Crippen LogP contribution in [0.1, 0.15) is 12.8 Å². The normalized spacial score (nSPS) is 15.2. The summed E-state index contributed by atoms with van der Waals surface area (Å²) in [4.78, 5) is 10.7. The average molecular weight is 221 g/mol. The van der Waals surface area contributed by atoms with E-state index in [0.717, 1.165) is 18.9 Å². The van der Waals surface area contributed by atoms with Crippen LogP contribution in [0.15, 0.2) is 12.3 Å². The van der Waals surface area contributed by atoms with Crippen molar-refractivity contribution in [3.05, 3.63) is 12.3 Å². The lowest BCUT2D eigenvalue weighted by Gasteiger charge is -2.11. The summed E-state index contributed by atoms with van der Waals surface area (Å²) in [6.07, 6.45) is 4.30. The Morgan fingerprint density at radius 2 is 2.25 bits per heavy atom. The molecule has 1 aromatic heterocycles. The first kappa shape index (κ1) is 11.1. The maximum Gasteiger partial charge on any atom is 0.224 e. The molecule has 88 valence electrons. The third-order valence-corrected chi connectivity index (χ3v) is 2.43. The average Bonchev–Trinajstić information content (AvgIpc) is 3.02. The molecular formula is C11H19N5. The molecule has 1 heterocycles. The number of hydrogen-bond acceptors (Lipinski definition) is 5. The minimum Gasteiger partial charge on any atom is -0.367 e. The maximum atomic E-state index is 4.40. The summed E-state index contributed by atoms with van der Waals surface area (Å²) in [7, 11) is 4.10. The van der Waals surface area contributed by atoms with Crippen molar-refractivity contribution >= 4 is 11.8 Å². The van der Waals surface area contributed by atoms with Gasteiger partial charge < -0.3 is 15.5 Å². The predicted octanol–water partition coefficient (Wildman–Crippen LogP) is 1.02. The number of nitrogens with zero attached hydrogens (tertiary/aromatic N) is 3. The maximum absolute atomic E-state index is 4.40. The molecule has 0 atom stereocenters. The quantitative estimate of drug-likeness (QED) is 0.751. The molecule has 1 fully saturated rings. The first-order valence-electron chi connectivity index (χ1n) is 5.72. The molecule has 0 unspecified atom stereocenters. The highest BCUT2D eigenvalue weighted by Gasteiger charge is 2.21. The summed E-state index contributed by atoms with van der Waals surface area (Å²) >= 11 is 0. The van der Waals surface area contributed by atoms with E-state index in [2.05, 4.69) is 25.5 Å². The molecule has 0 bridgehead atoms. The van der Waals surface area contributed by atoms with Crippen LogP contribution in [0.25, 0.3) is 0 Å². The van der Waals surface area contributed by atoms with E-state index in [1.807, 2.05) is 20.2 Å². The molecule has 5 heteroatoms. The summed E-state index contributed by atoms with van der Waals surface area (Å²) in [6, 6.07) is 2.54. The van der Waals surface area contributed by atoms with Gasteiger partial charge >= 0.3 is 0 Å². The fourth-order valence-corrected chi connectivity index (χ4v) is 1.35. The monoisotopic (exact) mass is 221 g/mol. The van der Waals surface area contributed by atoms with Gasteiger partial charge in [-0.2, -0.15) is 4.98 Å². The highest BCUT2D eigenvalue weighted by atomic mass is 15.2. The van der Waals surface area contributed by atoms with E-state index in [-0.39, 0.29) is 0 Å². The van der Waals surface area contributed by atoms with Gasteiger partial charge in [-0.3, -0.25) is 0 Å². The van der Waals surface area contributed by atoms with Crippen LogP contribution in [-0.2, 0) is 0 Å². The Morgan fingerprint density at radius 3 is 2.94 bits per heavy atom. The molecule has 2 N–H and O–H groups in total. The van der Waals surface area contributed by atoms with Gasteiger partial charge in [-0.05, 0) is 33.0 Å². The van der Waals surface area contributed by atoms with Crippen molar-refractivity contribution in [3.8, 4) is 0 Å². The number of aromatic nitrogens is 2. The first-order valence-corrected chi connectivity index (χ1v) is 5.72. The van der Waals surface area contributed by atoms with Gasteiger partial charge in [-0.25, -0.2) is 4.98 Å². The largest absolute Gasteiger partial charge is 0.367 e. The number of likely N-dealkylation sites (N-methyl/N-ethyl adjacent to an activating group) is 1. The minimum atomic E-state index is 0.629. The van der Waals surface area contributed by atoms with Crippen LogP contribution in [0.5, 0.6) is 0 Å². The second-order valence-corrected chi connectivity index (χ2v) is 4.41.